The Bertz CT molecular complexity index is 1140. The van der Waals surface area contributed by atoms with E-state index in [4.69, 9.17) is 15.9 Å². The molecule has 130 valence electrons. The number of fused-ring (bicyclic) bond motifs is 1. The molecule has 26 heavy (non-hydrogen) atoms. The van der Waals surface area contributed by atoms with Crippen molar-refractivity contribution in [2.45, 2.75) is 0 Å². The monoisotopic (exact) mass is 349 g/mol. The predicted octanol–water partition coefficient (Wildman–Crippen LogP) is 1.59. The molecule has 7 nitrogen and oxygen atoms in total. The van der Waals surface area contributed by atoms with Crippen LogP contribution in [0.4, 0.5) is 0 Å². The molecule has 3 aromatic rings. The lowest BCUT2D eigenvalue weighted by molar-refractivity contribution is 0.331. The molecule has 2 aromatic carbocycles. The first-order valence-electron chi connectivity index (χ1n) is 7.67. The highest BCUT2D eigenvalue weighted by Crippen LogP contribution is 2.27. The molecule has 0 unspecified atom stereocenters. The zero-order valence-corrected chi connectivity index (χ0v) is 13.9. The van der Waals surface area contributed by atoms with Crippen molar-refractivity contribution in [2.24, 2.45) is 5.10 Å². The number of benzene rings is 2. The van der Waals surface area contributed by atoms with Crippen molar-refractivity contribution in [3.63, 3.8) is 0 Å². The van der Waals surface area contributed by atoms with Crippen LogP contribution in [-0.4, -0.2) is 29.6 Å². The highest BCUT2D eigenvalue weighted by atomic mass is 16.5. The van der Waals surface area contributed by atoms with Crippen molar-refractivity contribution in [2.75, 3.05) is 13.7 Å². The van der Waals surface area contributed by atoms with Gasteiger partial charge in [-0.1, -0.05) is 18.1 Å². The lowest BCUT2D eigenvalue weighted by Crippen LogP contribution is -2.32. The second-order valence-corrected chi connectivity index (χ2v) is 5.24. The van der Waals surface area contributed by atoms with Crippen LogP contribution >= 0.6 is 0 Å². The summed E-state index contributed by atoms with van der Waals surface area (Å²) in [5, 5.41) is 4.37. The summed E-state index contributed by atoms with van der Waals surface area (Å²) in [7, 11) is 1.50. The molecular formula is C19H15N3O4. The molecule has 0 aliphatic carbocycles. The number of rotatable bonds is 5. The van der Waals surface area contributed by atoms with Crippen LogP contribution in [0.5, 0.6) is 11.5 Å². The average Bonchev–Trinajstić information content (AvgIpc) is 2.66. The van der Waals surface area contributed by atoms with Gasteiger partial charge in [-0.2, -0.15) is 5.10 Å². The van der Waals surface area contributed by atoms with Gasteiger partial charge in [0.2, 0.25) is 0 Å². The highest BCUT2D eigenvalue weighted by Gasteiger charge is 2.07. The Balaban J connectivity index is 1.98. The Morgan fingerprint density at radius 2 is 2.04 bits per heavy atom. The van der Waals surface area contributed by atoms with Crippen LogP contribution in [0.2, 0.25) is 0 Å². The molecule has 0 atom stereocenters. The number of hydrogen-bond donors (Lipinski definition) is 1. The summed E-state index contributed by atoms with van der Waals surface area (Å²) < 4.78 is 11.4. The van der Waals surface area contributed by atoms with Crippen molar-refractivity contribution in [1.29, 1.82) is 0 Å². The third kappa shape index (κ3) is 3.35. The normalized spacial score (nSPS) is 10.8. The molecule has 7 heteroatoms. The topological polar surface area (TPSA) is 85.7 Å². The number of terminal acetylenes is 1. The van der Waals surface area contributed by atoms with E-state index in [9.17, 15) is 9.59 Å². The minimum Gasteiger partial charge on any atom is -0.493 e. The van der Waals surface area contributed by atoms with Crippen molar-refractivity contribution in [3.8, 4) is 23.8 Å². The Morgan fingerprint density at radius 3 is 2.81 bits per heavy atom. The smallest absolute Gasteiger partial charge is 0.349 e. The van der Waals surface area contributed by atoms with Crippen LogP contribution in [0.25, 0.3) is 10.9 Å². The van der Waals surface area contributed by atoms with Gasteiger partial charge in [0.1, 0.15) is 6.61 Å². The van der Waals surface area contributed by atoms with Gasteiger partial charge in [0.25, 0.3) is 5.56 Å². The van der Waals surface area contributed by atoms with E-state index in [2.05, 4.69) is 16.0 Å². The lowest BCUT2D eigenvalue weighted by Gasteiger charge is -2.09. The molecule has 0 radical (unpaired) electrons. The maximum absolute atomic E-state index is 12.4. The summed E-state index contributed by atoms with van der Waals surface area (Å²) in [6, 6.07) is 11.8. The quantitative estimate of drug-likeness (QED) is 0.560. The molecule has 3 rings (SSSR count). The fraction of sp³-hybridized carbons (Fsp3) is 0.105. The highest BCUT2D eigenvalue weighted by molar-refractivity contribution is 5.81. The lowest BCUT2D eigenvalue weighted by atomic mass is 10.2. The second-order valence-electron chi connectivity index (χ2n) is 5.24. The number of para-hydroxylation sites is 1. The first-order chi connectivity index (χ1) is 12.6. The van der Waals surface area contributed by atoms with Crippen LogP contribution in [0, 0.1) is 12.3 Å². The van der Waals surface area contributed by atoms with E-state index < -0.39 is 11.2 Å². The first kappa shape index (κ1) is 17.0. The molecule has 0 amide bonds. The van der Waals surface area contributed by atoms with E-state index in [1.165, 1.54) is 13.3 Å². The Hall–Kier alpha value is -3.79. The second kappa shape index (κ2) is 7.40. The standard InChI is InChI=1S/C19H15N3O4/c1-3-10-26-16-9-8-13(11-17(16)25-2)12-20-22-18(23)14-6-4-5-7-15(14)21-19(22)24/h1,4-9,11-12H,10H2,2H3,(H,21,24). The summed E-state index contributed by atoms with van der Waals surface area (Å²) in [4.78, 5) is 27.2. The van der Waals surface area contributed by atoms with Crippen molar-refractivity contribution >= 4 is 17.1 Å². The Morgan fingerprint density at radius 1 is 1.23 bits per heavy atom. The van der Waals surface area contributed by atoms with Crippen LogP contribution in [0.3, 0.4) is 0 Å². The summed E-state index contributed by atoms with van der Waals surface area (Å²) >= 11 is 0. The summed E-state index contributed by atoms with van der Waals surface area (Å²) in [5.74, 6) is 3.33. The van der Waals surface area contributed by atoms with Gasteiger partial charge < -0.3 is 14.5 Å². The van der Waals surface area contributed by atoms with Crippen LogP contribution in [0.15, 0.2) is 57.2 Å². The number of ether oxygens (including phenoxy) is 2. The van der Waals surface area contributed by atoms with Crippen molar-refractivity contribution in [1.82, 2.24) is 9.66 Å². The maximum atomic E-state index is 12.4. The van der Waals surface area contributed by atoms with E-state index in [-0.39, 0.29) is 6.61 Å². The van der Waals surface area contributed by atoms with Gasteiger partial charge >= 0.3 is 5.69 Å². The molecule has 1 N–H and O–H groups in total. The number of H-pyrrole nitrogens is 1. The molecule has 0 aliphatic rings. The van der Waals surface area contributed by atoms with Gasteiger partial charge in [-0.15, -0.1) is 11.1 Å². The summed E-state index contributed by atoms with van der Waals surface area (Å²) in [6.45, 7) is 0.117. The molecule has 0 bridgehead atoms. The molecular weight excluding hydrogens is 334 g/mol. The third-order valence-corrected chi connectivity index (χ3v) is 3.60. The van der Waals surface area contributed by atoms with Crippen LogP contribution in [-0.2, 0) is 0 Å². The molecule has 0 spiro atoms. The van der Waals surface area contributed by atoms with Gasteiger partial charge in [-0.3, -0.25) is 4.79 Å². The van der Waals surface area contributed by atoms with Gasteiger partial charge in [-0.25, -0.2) is 4.79 Å². The van der Waals surface area contributed by atoms with Crippen molar-refractivity contribution in [3.05, 3.63) is 68.9 Å². The van der Waals surface area contributed by atoms with E-state index in [1.54, 1.807) is 42.5 Å². The minimum atomic E-state index is -0.620. The van der Waals surface area contributed by atoms with Crippen molar-refractivity contribution < 1.29 is 9.47 Å². The van der Waals surface area contributed by atoms with Gasteiger partial charge in [0.15, 0.2) is 11.5 Å². The predicted molar refractivity (Wildman–Crippen MR) is 99.1 cm³/mol. The SMILES string of the molecule is C#CCOc1ccc(C=Nn2c(=O)[nH]c3ccccc3c2=O)cc1OC. The van der Waals surface area contributed by atoms with E-state index in [0.717, 1.165) is 4.68 Å². The molecule has 0 saturated heterocycles. The molecule has 1 heterocycles. The number of nitrogens with one attached hydrogen (secondary N) is 1. The Labute approximate surface area is 148 Å². The molecule has 0 aliphatic heterocycles. The zero-order chi connectivity index (χ0) is 18.5. The number of methoxy groups -OCH3 is 1. The fourth-order valence-electron chi connectivity index (χ4n) is 2.39. The number of nitrogens with zero attached hydrogens (tertiary/aromatic N) is 2. The number of aromatic nitrogens is 2. The summed E-state index contributed by atoms with van der Waals surface area (Å²) in [6.07, 6.45) is 6.56. The minimum absolute atomic E-state index is 0.117. The van der Waals surface area contributed by atoms with Crippen LogP contribution < -0.4 is 20.7 Å². The van der Waals surface area contributed by atoms with E-state index in [1.807, 2.05) is 0 Å². The van der Waals surface area contributed by atoms with E-state index in [0.29, 0.717) is 28.0 Å². The van der Waals surface area contributed by atoms with Gasteiger partial charge in [-0.05, 0) is 35.9 Å². The maximum Gasteiger partial charge on any atom is 0.349 e. The van der Waals surface area contributed by atoms with Crippen LogP contribution in [0.1, 0.15) is 5.56 Å². The van der Waals surface area contributed by atoms with Gasteiger partial charge in [0, 0.05) is 0 Å². The number of hydrogen-bond acceptors (Lipinski definition) is 5. The largest absolute Gasteiger partial charge is 0.493 e. The molecule has 0 saturated carbocycles. The molecule has 1 aromatic heterocycles. The fourth-order valence-corrected chi connectivity index (χ4v) is 2.39. The zero-order valence-electron chi connectivity index (χ0n) is 13.9. The Kier molecular flexibility index (Phi) is 4.85. The van der Waals surface area contributed by atoms with E-state index >= 15 is 0 Å². The number of aromatic amines is 1. The average molecular weight is 349 g/mol. The van der Waals surface area contributed by atoms with Gasteiger partial charge in [0.05, 0.1) is 24.2 Å². The summed E-state index contributed by atoms with van der Waals surface area (Å²) in [5.41, 5.74) is -0.0348. The third-order valence-electron chi connectivity index (χ3n) is 3.60. The molecule has 0 fully saturated rings. The first-order valence-corrected chi connectivity index (χ1v) is 7.67.